The molecule has 176 valence electrons. The van der Waals surface area contributed by atoms with Crippen molar-refractivity contribution in [3.8, 4) is 5.75 Å². The second kappa shape index (κ2) is 12.7. The van der Waals surface area contributed by atoms with Crippen LogP contribution in [0, 0.1) is 10.8 Å². The van der Waals surface area contributed by atoms with Crippen LogP contribution in [0.4, 0.5) is 0 Å². The van der Waals surface area contributed by atoms with Crippen LogP contribution in [0.2, 0.25) is 0 Å². The molecule has 0 aliphatic carbocycles. The standard InChI is InChI=1S/C26H42O5/c1-25(2,23(28)29)17-11-7-5-9-13-20-15-16-22(27)19-21(20)14-10-6-8-12-18-26(3,4)24(30)31/h15-16,19,27H,5-14,17-18H2,1-4H3,(H,28,29)(H,30,31). The predicted octanol–water partition coefficient (Wildman–Crippen LogP) is 6.60. The summed E-state index contributed by atoms with van der Waals surface area (Å²) >= 11 is 0. The Morgan fingerprint density at radius 1 is 0.677 bits per heavy atom. The van der Waals surface area contributed by atoms with E-state index in [0.717, 1.165) is 64.2 Å². The van der Waals surface area contributed by atoms with Gasteiger partial charge in [0.1, 0.15) is 5.75 Å². The van der Waals surface area contributed by atoms with Crippen molar-refractivity contribution in [2.24, 2.45) is 10.8 Å². The molecule has 0 amide bonds. The van der Waals surface area contributed by atoms with Crippen LogP contribution in [0.15, 0.2) is 18.2 Å². The number of aryl methyl sites for hydroxylation is 2. The van der Waals surface area contributed by atoms with E-state index in [1.807, 2.05) is 12.1 Å². The third-order valence-electron chi connectivity index (χ3n) is 6.34. The molecule has 0 bridgehead atoms. The molecule has 3 N–H and O–H groups in total. The Bertz CT molecular complexity index is 706. The molecule has 0 radical (unpaired) electrons. The van der Waals surface area contributed by atoms with Gasteiger partial charge >= 0.3 is 11.9 Å². The maximum atomic E-state index is 11.2. The molecular weight excluding hydrogens is 392 g/mol. The summed E-state index contributed by atoms with van der Waals surface area (Å²) in [5.41, 5.74) is 1.20. The Morgan fingerprint density at radius 2 is 1.10 bits per heavy atom. The summed E-state index contributed by atoms with van der Waals surface area (Å²) in [5, 5.41) is 28.2. The number of unbranched alkanes of at least 4 members (excludes halogenated alkanes) is 6. The zero-order valence-electron chi connectivity index (χ0n) is 19.9. The van der Waals surface area contributed by atoms with E-state index in [4.69, 9.17) is 0 Å². The third kappa shape index (κ3) is 10.2. The molecule has 0 aromatic heterocycles. The molecule has 5 heteroatoms. The highest BCUT2D eigenvalue weighted by atomic mass is 16.4. The van der Waals surface area contributed by atoms with Gasteiger partial charge in [0, 0.05) is 0 Å². The summed E-state index contributed by atoms with van der Waals surface area (Å²) in [7, 11) is 0. The van der Waals surface area contributed by atoms with Crippen molar-refractivity contribution >= 4 is 11.9 Å². The van der Waals surface area contributed by atoms with Gasteiger partial charge in [-0.3, -0.25) is 9.59 Å². The molecule has 0 aliphatic rings. The van der Waals surface area contributed by atoms with Crippen molar-refractivity contribution in [2.45, 2.75) is 105 Å². The molecule has 5 nitrogen and oxygen atoms in total. The lowest BCUT2D eigenvalue weighted by molar-refractivity contribution is -0.148. The van der Waals surface area contributed by atoms with E-state index in [1.165, 1.54) is 11.1 Å². The Morgan fingerprint density at radius 3 is 1.55 bits per heavy atom. The van der Waals surface area contributed by atoms with Crippen molar-refractivity contribution in [3.05, 3.63) is 29.3 Å². The average Bonchev–Trinajstić information content (AvgIpc) is 2.68. The molecule has 0 spiro atoms. The van der Waals surface area contributed by atoms with Crippen molar-refractivity contribution in [2.75, 3.05) is 0 Å². The molecule has 0 aliphatic heterocycles. The van der Waals surface area contributed by atoms with Gasteiger partial charge in [0.05, 0.1) is 10.8 Å². The van der Waals surface area contributed by atoms with E-state index in [2.05, 4.69) is 0 Å². The van der Waals surface area contributed by atoms with Crippen molar-refractivity contribution in [1.82, 2.24) is 0 Å². The highest BCUT2D eigenvalue weighted by Crippen LogP contribution is 2.26. The Hall–Kier alpha value is -2.04. The predicted molar refractivity (Wildman–Crippen MR) is 125 cm³/mol. The highest BCUT2D eigenvalue weighted by molar-refractivity contribution is 5.73. The molecule has 0 saturated carbocycles. The number of hydrogen-bond donors (Lipinski definition) is 3. The average molecular weight is 435 g/mol. The van der Waals surface area contributed by atoms with Crippen LogP contribution in [-0.2, 0) is 22.4 Å². The number of rotatable bonds is 16. The fourth-order valence-corrected chi connectivity index (χ4v) is 3.77. The number of carboxylic acid groups (broad SMARTS) is 2. The molecule has 0 fully saturated rings. The van der Waals surface area contributed by atoms with E-state index >= 15 is 0 Å². The molecule has 0 saturated heterocycles. The Balaban J connectivity index is 2.35. The Kier molecular flexibility index (Phi) is 11.1. The largest absolute Gasteiger partial charge is 0.508 e. The van der Waals surface area contributed by atoms with Crippen LogP contribution in [-0.4, -0.2) is 27.3 Å². The fourth-order valence-electron chi connectivity index (χ4n) is 3.77. The number of hydrogen-bond acceptors (Lipinski definition) is 3. The normalized spacial score (nSPS) is 12.1. The number of carboxylic acids is 2. The lowest BCUT2D eigenvalue weighted by Gasteiger charge is -2.18. The summed E-state index contributed by atoms with van der Waals surface area (Å²) in [4.78, 5) is 22.3. The zero-order chi connectivity index (χ0) is 23.5. The fraction of sp³-hybridized carbons (Fsp3) is 0.692. The van der Waals surface area contributed by atoms with Crippen LogP contribution < -0.4 is 0 Å². The maximum absolute atomic E-state index is 11.2. The lowest BCUT2D eigenvalue weighted by Crippen LogP contribution is -2.23. The van der Waals surface area contributed by atoms with E-state index in [-0.39, 0.29) is 0 Å². The number of phenolic OH excluding ortho intramolecular Hbond substituents is 1. The summed E-state index contributed by atoms with van der Waals surface area (Å²) in [6.07, 6.45) is 11.5. The third-order valence-corrected chi connectivity index (χ3v) is 6.34. The summed E-state index contributed by atoms with van der Waals surface area (Å²) in [6.45, 7) is 7.12. The van der Waals surface area contributed by atoms with Crippen molar-refractivity contribution in [3.63, 3.8) is 0 Å². The minimum Gasteiger partial charge on any atom is -0.508 e. The topological polar surface area (TPSA) is 94.8 Å². The van der Waals surface area contributed by atoms with Crippen molar-refractivity contribution in [1.29, 1.82) is 0 Å². The first kappa shape index (κ1) is 27.0. The zero-order valence-corrected chi connectivity index (χ0v) is 19.9. The molecular formula is C26H42O5. The molecule has 0 heterocycles. The van der Waals surface area contributed by atoms with Gasteiger partial charge in [0.25, 0.3) is 0 Å². The molecule has 0 atom stereocenters. The number of phenols is 1. The summed E-state index contributed by atoms with van der Waals surface area (Å²) in [6, 6.07) is 5.65. The number of aromatic hydroxyl groups is 1. The lowest BCUT2D eigenvalue weighted by atomic mass is 9.86. The molecule has 1 aromatic carbocycles. The van der Waals surface area contributed by atoms with Gasteiger partial charge < -0.3 is 15.3 Å². The first-order valence-electron chi connectivity index (χ1n) is 11.7. The van der Waals surface area contributed by atoms with E-state index in [9.17, 15) is 24.9 Å². The molecule has 0 unspecified atom stereocenters. The summed E-state index contributed by atoms with van der Waals surface area (Å²) in [5.74, 6) is -1.16. The maximum Gasteiger partial charge on any atom is 0.309 e. The SMILES string of the molecule is CC(C)(CCCCCCc1ccc(O)cc1CCCCCCC(C)(C)C(=O)O)C(=O)O. The van der Waals surface area contributed by atoms with Gasteiger partial charge in [-0.1, -0.05) is 44.6 Å². The second-order valence-electron chi connectivity index (χ2n) is 10.2. The minimum atomic E-state index is -0.734. The monoisotopic (exact) mass is 434 g/mol. The van der Waals surface area contributed by atoms with Crippen LogP contribution in [0.1, 0.15) is 103 Å². The van der Waals surface area contributed by atoms with E-state index in [1.54, 1.807) is 33.8 Å². The Labute approximate surface area is 187 Å². The highest BCUT2D eigenvalue weighted by Gasteiger charge is 2.26. The second-order valence-corrected chi connectivity index (χ2v) is 10.2. The minimum absolute atomic E-state index is 0.304. The van der Waals surface area contributed by atoms with Crippen molar-refractivity contribution < 1.29 is 24.9 Å². The number of benzene rings is 1. The van der Waals surface area contributed by atoms with Crippen LogP contribution in [0.25, 0.3) is 0 Å². The van der Waals surface area contributed by atoms with E-state index < -0.39 is 22.8 Å². The van der Waals surface area contributed by atoms with Gasteiger partial charge in [-0.15, -0.1) is 0 Å². The summed E-state index contributed by atoms with van der Waals surface area (Å²) < 4.78 is 0. The van der Waals surface area contributed by atoms with Crippen LogP contribution in [0.3, 0.4) is 0 Å². The number of aliphatic carboxylic acids is 2. The first-order valence-corrected chi connectivity index (χ1v) is 11.7. The smallest absolute Gasteiger partial charge is 0.309 e. The van der Waals surface area contributed by atoms with Gasteiger partial charge in [-0.05, 0) is 89.5 Å². The first-order chi connectivity index (χ1) is 14.5. The van der Waals surface area contributed by atoms with Gasteiger partial charge in [0.15, 0.2) is 0 Å². The number of carbonyl (C=O) groups is 2. The quantitative estimate of drug-likeness (QED) is 0.255. The van der Waals surface area contributed by atoms with Gasteiger partial charge in [-0.2, -0.15) is 0 Å². The molecule has 1 aromatic rings. The van der Waals surface area contributed by atoms with Crippen LogP contribution in [0.5, 0.6) is 5.75 Å². The molecule has 31 heavy (non-hydrogen) atoms. The van der Waals surface area contributed by atoms with Crippen LogP contribution >= 0.6 is 0 Å². The van der Waals surface area contributed by atoms with E-state index in [0.29, 0.717) is 18.6 Å². The van der Waals surface area contributed by atoms with Gasteiger partial charge in [0.2, 0.25) is 0 Å². The van der Waals surface area contributed by atoms with Gasteiger partial charge in [-0.25, -0.2) is 0 Å². The molecule has 1 rings (SSSR count).